The van der Waals surface area contributed by atoms with Gasteiger partial charge in [-0.2, -0.15) is 0 Å². The van der Waals surface area contributed by atoms with Crippen LogP contribution in [-0.4, -0.2) is 11.0 Å². The number of phenolic OH excluding ortho intramolecular Hbond substituents is 1. The maximum Gasteiger partial charge on any atom is 0.259 e. The number of carbonyl (C=O) groups excluding carboxylic acids is 1. The van der Waals surface area contributed by atoms with Crippen molar-refractivity contribution in [1.82, 2.24) is 0 Å². The van der Waals surface area contributed by atoms with Gasteiger partial charge in [0.2, 0.25) is 0 Å². The maximum atomic E-state index is 12.1. The van der Waals surface area contributed by atoms with E-state index in [1.165, 1.54) is 23.8 Å². The number of nitrogens with one attached hydrogen (secondary N) is 1. The van der Waals surface area contributed by atoms with Gasteiger partial charge in [-0.15, -0.1) is 0 Å². The van der Waals surface area contributed by atoms with Crippen molar-refractivity contribution < 1.29 is 9.90 Å². The molecular weight excluding hydrogens is 274 g/mol. The van der Waals surface area contributed by atoms with E-state index in [1.807, 2.05) is 24.3 Å². The van der Waals surface area contributed by atoms with E-state index in [9.17, 15) is 9.90 Å². The zero-order valence-corrected chi connectivity index (χ0v) is 12.1. The summed E-state index contributed by atoms with van der Waals surface area (Å²) in [5, 5.41) is 12.8. The van der Waals surface area contributed by atoms with Gasteiger partial charge in [-0.25, -0.2) is 0 Å². The third-order valence-corrected chi connectivity index (χ3v) is 3.27. The zero-order valence-electron chi connectivity index (χ0n) is 11.4. The summed E-state index contributed by atoms with van der Waals surface area (Å²) in [6.45, 7) is 4.22. The van der Waals surface area contributed by atoms with E-state index < -0.39 is 0 Å². The minimum atomic E-state index is -0.387. The molecule has 0 fully saturated rings. The van der Waals surface area contributed by atoms with Gasteiger partial charge in [0.05, 0.1) is 5.56 Å². The highest BCUT2D eigenvalue weighted by molar-refractivity contribution is 6.31. The third kappa shape index (κ3) is 3.31. The Kier molecular flexibility index (Phi) is 4.30. The molecule has 0 aliphatic carbocycles. The molecule has 2 aromatic rings. The molecule has 0 unspecified atom stereocenters. The predicted octanol–water partition coefficient (Wildman–Crippen LogP) is 4.42. The number of hydrogen-bond acceptors (Lipinski definition) is 2. The standard InChI is InChI=1S/C16H16ClNO2/c1-10(2)11-3-6-13(7-4-11)18-16(20)14-9-12(17)5-8-15(14)19/h3-10,19H,1-2H3,(H,18,20). The van der Waals surface area contributed by atoms with Crippen molar-refractivity contribution in [2.24, 2.45) is 0 Å². The van der Waals surface area contributed by atoms with Gasteiger partial charge in [0.15, 0.2) is 0 Å². The van der Waals surface area contributed by atoms with Crippen LogP contribution in [0.4, 0.5) is 5.69 Å². The lowest BCUT2D eigenvalue weighted by Crippen LogP contribution is -2.12. The fourth-order valence-corrected chi connectivity index (χ4v) is 2.01. The van der Waals surface area contributed by atoms with Crippen LogP contribution in [0.5, 0.6) is 5.75 Å². The van der Waals surface area contributed by atoms with E-state index >= 15 is 0 Å². The molecule has 0 atom stereocenters. The normalized spacial score (nSPS) is 10.6. The van der Waals surface area contributed by atoms with Crippen LogP contribution >= 0.6 is 11.6 Å². The van der Waals surface area contributed by atoms with Gasteiger partial charge >= 0.3 is 0 Å². The van der Waals surface area contributed by atoms with Gasteiger partial charge in [0, 0.05) is 10.7 Å². The Morgan fingerprint density at radius 2 is 1.80 bits per heavy atom. The fourth-order valence-electron chi connectivity index (χ4n) is 1.84. The first-order chi connectivity index (χ1) is 9.47. The maximum absolute atomic E-state index is 12.1. The minimum absolute atomic E-state index is 0.0919. The van der Waals surface area contributed by atoms with E-state index in [0.717, 1.165) is 0 Å². The lowest BCUT2D eigenvalue weighted by Gasteiger charge is -2.09. The predicted molar refractivity (Wildman–Crippen MR) is 81.6 cm³/mol. The van der Waals surface area contributed by atoms with E-state index in [4.69, 9.17) is 11.6 Å². The highest BCUT2D eigenvalue weighted by Gasteiger charge is 2.12. The SMILES string of the molecule is CC(C)c1ccc(NC(=O)c2cc(Cl)ccc2O)cc1. The number of amides is 1. The van der Waals surface area contributed by atoms with E-state index in [-0.39, 0.29) is 17.2 Å². The van der Waals surface area contributed by atoms with E-state index in [1.54, 1.807) is 0 Å². The molecule has 104 valence electrons. The van der Waals surface area contributed by atoms with Crippen molar-refractivity contribution in [1.29, 1.82) is 0 Å². The van der Waals surface area contributed by atoms with Gasteiger partial charge in [-0.3, -0.25) is 4.79 Å². The van der Waals surface area contributed by atoms with Crippen molar-refractivity contribution in [3.05, 3.63) is 58.6 Å². The van der Waals surface area contributed by atoms with Crippen LogP contribution in [-0.2, 0) is 0 Å². The molecule has 0 heterocycles. The first kappa shape index (κ1) is 14.4. The molecule has 2 rings (SSSR count). The molecule has 0 aromatic heterocycles. The Bertz CT molecular complexity index is 621. The Morgan fingerprint density at radius 1 is 1.15 bits per heavy atom. The van der Waals surface area contributed by atoms with Gasteiger partial charge in [-0.05, 0) is 41.8 Å². The van der Waals surface area contributed by atoms with Crippen LogP contribution in [0.3, 0.4) is 0 Å². The van der Waals surface area contributed by atoms with Crippen LogP contribution < -0.4 is 5.32 Å². The summed E-state index contributed by atoms with van der Waals surface area (Å²) in [5.74, 6) is -0.0373. The molecule has 0 saturated carbocycles. The summed E-state index contributed by atoms with van der Waals surface area (Å²) < 4.78 is 0. The molecule has 0 saturated heterocycles. The van der Waals surface area contributed by atoms with Crippen molar-refractivity contribution in [2.75, 3.05) is 5.32 Å². The molecule has 4 heteroatoms. The molecule has 0 aliphatic heterocycles. The number of aromatic hydroxyl groups is 1. The minimum Gasteiger partial charge on any atom is -0.507 e. The van der Waals surface area contributed by atoms with E-state index in [0.29, 0.717) is 16.6 Å². The summed E-state index contributed by atoms with van der Waals surface area (Å²) in [6.07, 6.45) is 0. The molecule has 0 bridgehead atoms. The lowest BCUT2D eigenvalue weighted by molar-refractivity contribution is 0.102. The van der Waals surface area contributed by atoms with Crippen molar-refractivity contribution in [3.8, 4) is 5.75 Å². The Morgan fingerprint density at radius 3 is 2.40 bits per heavy atom. The second kappa shape index (κ2) is 5.97. The fraction of sp³-hybridized carbons (Fsp3) is 0.188. The van der Waals surface area contributed by atoms with Crippen molar-refractivity contribution in [2.45, 2.75) is 19.8 Å². The van der Waals surface area contributed by atoms with Crippen molar-refractivity contribution in [3.63, 3.8) is 0 Å². The molecule has 0 spiro atoms. The van der Waals surface area contributed by atoms with Crippen LogP contribution in [0.2, 0.25) is 5.02 Å². The summed E-state index contributed by atoms with van der Waals surface area (Å²) in [7, 11) is 0. The quantitative estimate of drug-likeness (QED) is 0.878. The molecule has 2 aromatic carbocycles. The molecule has 1 amide bonds. The highest BCUT2D eigenvalue weighted by Crippen LogP contribution is 2.23. The molecule has 0 aliphatic rings. The van der Waals surface area contributed by atoms with Crippen LogP contribution in [0.15, 0.2) is 42.5 Å². The van der Waals surface area contributed by atoms with Gasteiger partial charge in [-0.1, -0.05) is 37.6 Å². The third-order valence-electron chi connectivity index (χ3n) is 3.04. The molecule has 0 radical (unpaired) electrons. The topological polar surface area (TPSA) is 49.3 Å². The van der Waals surface area contributed by atoms with Crippen molar-refractivity contribution >= 4 is 23.2 Å². The largest absolute Gasteiger partial charge is 0.507 e. The number of anilines is 1. The first-order valence-corrected chi connectivity index (χ1v) is 6.75. The number of phenols is 1. The van der Waals surface area contributed by atoms with Crippen LogP contribution in [0.25, 0.3) is 0 Å². The molecular formula is C16H16ClNO2. The summed E-state index contributed by atoms with van der Waals surface area (Å²) >= 11 is 5.83. The average Bonchev–Trinajstić information content (AvgIpc) is 2.42. The zero-order chi connectivity index (χ0) is 14.7. The summed E-state index contributed by atoms with van der Waals surface area (Å²) in [5.41, 5.74) is 2.04. The summed E-state index contributed by atoms with van der Waals surface area (Å²) in [6, 6.07) is 12.0. The Hall–Kier alpha value is -2.00. The smallest absolute Gasteiger partial charge is 0.259 e. The second-order valence-corrected chi connectivity index (χ2v) is 5.33. The summed E-state index contributed by atoms with van der Waals surface area (Å²) in [4.78, 5) is 12.1. The number of carbonyl (C=O) groups is 1. The monoisotopic (exact) mass is 289 g/mol. The number of rotatable bonds is 3. The number of benzene rings is 2. The lowest BCUT2D eigenvalue weighted by atomic mass is 10.0. The Balaban J connectivity index is 2.17. The average molecular weight is 290 g/mol. The van der Waals surface area contributed by atoms with E-state index in [2.05, 4.69) is 19.2 Å². The molecule has 20 heavy (non-hydrogen) atoms. The highest BCUT2D eigenvalue weighted by atomic mass is 35.5. The number of hydrogen-bond donors (Lipinski definition) is 2. The van der Waals surface area contributed by atoms with Gasteiger partial charge < -0.3 is 10.4 Å². The van der Waals surface area contributed by atoms with Crippen LogP contribution in [0, 0.1) is 0 Å². The first-order valence-electron chi connectivity index (χ1n) is 6.37. The molecule has 3 nitrogen and oxygen atoms in total. The van der Waals surface area contributed by atoms with Crippen LogP contribution in [0.1, 0.15) is 35.7 Å². The number of halogens is 1. The van der Waals surface area contributed by atoms with Gasteiger partial charge in [0.1, 0.15) is 5.75 Å². The van der Waals surface area contributed by atoms with Gasteiger partial charge in [0.25, 0.3) is 5.91 Å². The molecule has 2 N–H and O–H groups in total. The Labute approximate surface area is 123 Å². The second-order valence-electron chi connectivity index (χ2n) is 4.89.